The van der Waals surface area contributed by atoms with Gasteiger partial charge in [-0.1, -0.05) is 36.4 Å². The zero-order valence-electron chi connectivity index (χ0n) is 13.8. The van der Waals surface area contributed by atoms with Crippen LogP contribution in [0.4, 0.5) is 5.69 Å². The molecule has 1 amide bonds. The molecule has 1 heterocycles. The van der Waals surface area contributed by atoms with Crippen LogP contribution in [0, 0.1) is 0 Å². The summed E-state index contributed by atoms with van der Waals surface area (Å²) in [6, 6.07) is 13.4. The molecule has 0 aliphatic carbocycles. The summed E-state index contributed by atoms with van der Waals surface area (Å²) in [6.45, 7) is 3.31. The van der Waals surface area contributed by atoms with Crippen LogP contribution < -0.4 is 4.90 Å². The number of aliphatic carboxylic acids is 1. The predicted molar refractivity (Wildman–Crippen MR) is 94.2 cm³/mol. The number of benzene rings is 2. The summed E-state index contributed by atoms with van der Waals surface area (Å²) in [5.74, 6) is -0.893. The Bertz CT molecular complexity index is 754. The number of carboxylic acids is 1. The molecular weight excluding hydrogens is 304 g/mol. The lowest BCUT2D eigenvalue weighted by atomic mass is 10.1. The van der Waals surface area contributed by atoms with Crippen molar-refractivity contribution in [2.24, 2.45) is 0 Å². The van der Waals surface area contributed by atoms with Gasteiger partial charge in [0, 0.05) is 11.9 Å². The second kappa shape index (κ2) is 7.01. The number of nitrogens with zero attached hydrogens (tertiary/aromatic N) is 2. The summed E-state index contributed by atoms with van der Waals surface area (Å²) in [5.41, 5.74) is 0.881. The van der Waals surface area contributed by atoms with Crippen molar-refractivity contribution in [2.75, 3.05) is 24.5 Å². The number of hydrogen-bond acceptors (Lipinski definition) is 3. The number of rotatable bonds is 5. The van der Waals surface area contributed by atoms with E-state index in [1.54, 1.807) is 9.80 Å². The zero-order valence-corrected chi connectivity index (χ0v) is 13.8. The summed E-state index contributed by atoms with van der Waals surface area (Å²) < 4.78 is 0. The predicted octanol–water partition coefficient (Wildman–Crippen LogP) is 2.74. The number of anilines is 1. The number of carbonyl (C=O) groups excluding carboxylic acids is 1. The molecule has 1 fully saturated rings. The molecule has 1 atom stereocenters. The summed E-state index contributed by atoms with van der Waals surface area (Å²) in [5, 5.41) is 11.4. The molecular formula is C19H22N2O3. The van der Waals surface area contributed by atoms with Gasteiger partial charge in [0.2, 0.25) is 5.91 Å². The number of amides is 1. The molecule has 3 rings (SSSR count). The Kier molecular flexibility index (Phi) is 4.81. The maximum absolute atomic E-state index is 12.8. The van der Waals surface area contributed by atoms with Crippen molar-refractivity contribution in [2.45, 2.75) is 25.8 Å². The lowest BCUT2D eigenvalue weighted by molar-refractivity contribution is -0.142. The van der Waals surface area contributed by atoms with Gasteiger partial charge in [-0.3, -0.25) is 14.5 Å². The van der Waals surface area contributed by atoms with Crippen LogP contribution in [0.15, 0.2) is 42.5 Å². The molecule has 0 radical (unpaired) electrons. The molecule has 126 valence electrons. The minimum Gasteiger partial charge on any atom is -0.480 e. The Hall–Kier alpha value is -2.40. The van der Waals surface area contributed by atoms with Crippen LogP contribution in [-0.4, -0.2) is 47.6 Å². The number of carboxylic acid groups (broad SMARTS) is 1. The second-order valence-corrected chi connectivity index (χ2v) is 6.10. The van der Waals surface area contributed by atoms with Crippen LogP contribution >= 0.6 is 0 Å². The van der Waals surface area contributed by atoms with Crippen LogP contribution in [0.1, 0.15) is 19.8 Å². The van der Waals surface area contributed by atoms with Crippen molar-refractivity contribution < 1.29 is 14.7 Å². The van der Waals surface area contributed by atoms with Gasteiger partial charge in [0.15, 0.2) is 0 Å². The molecule has 5 nitrogen and oxygen atoms in total. The van der Waals surface area contributed by atoms with Crippen LogP contribution in [0.2, 0.25) is 0 Å². The molecule has 0 unspecified atom stereocenters. The highest BCUT2D eigenvalue weighted by molar-refractivity contribution is 6.04. The number of likely N-dealkylation sites (N-methyl/N-ethyl adjacent to an activating group) is 1. The average Bonchev–Trinajstić information content (AvgIpc) is 3.04. The number of carbonyl (C=O) groups is 2. The highest BCUT2D eigenvalue weighted by Crippen LogP contribution is 2.27. The zero-order chi connectivity index (χ0) is 17.1. The Balaban J connectivity index is 1.85. The molecule has 0 spiro atoms. The maximum atomic E-state index is 12.8. The molecule has 5 heteroatoms. The summed E-state index contributed by atoms with van der Waals surface area (Å²) >= 11 is 0. The molecule has 1 aliphatic rings. The van der Waals surface area contributed by atoms with Crippen molar-refractivity contribution in [3.05, 3.63) is 42.5 Å². The van der Waals surface area contributed by atoms with E-state index >= 15 is 0 Å². The monoisotopic (exact) mass is 326 g/mol. The van der Waals surface area contributed by atoms with Gasteiger partial charge in [-0.15, -0.1) is 0 Å². The third kappa shape index (κ3) is 3.12. The van der Waals surface area contributed by atoms with E-state index in [-0.39, 0.29) is 12.5 Å². The molecule has 0 bridgehead atoms. The third-order valence-corrected chi connectivity index (χ3v) is 4.66. The van der Waals surface area contributed by atoms with E-state index in [1.165, 1.54) is 0 Å². The molecule has 1 aliphatic heterocycles. The second-order valence-electron chi connectivity index (χ2n) is 6.10. The van der Waals surface area contributed by atoms with E-state index in [2.05, 4.69) is 0 Å². The van der Waals surface area contributed by atoms with Gasteiger partial charge in [-0.05, 0) is 37.8 Å². The minimum absolute atomic E-state index is 0.0537. The van der Waals surface area contributed by atoms with E-state index < -0.39 is 12.0 Å². The van der Waals surface area contributed by atoms with E-state index in [9.17, 15) is 14.7 Å². The molecule has 0 saturated carbocycles. The third-order valence-electron chi connectivity index (χ3n) is 4.66. The van der Waals surface area contributed by atoms with Crippen LogP contribution in [0.5, 0.6) is 0 Å². The highest BCUT2D eigenvalue weighted by Gasteiger charge is 2.32. The van der Waals surface area contributed by atoms with Crippen molar-refractivity contribution in [3.8, 4) is 0 Å². The summed E-state index contributed by atoms with van der Waals surface area (Å²) in [4.78, 5) is 27.7. The smallest absolute Gasteiger partial charge is 0.320 e. The first-order valence-corrected chi connectivity index (χ1v) is 8.36. The molecule has 0 aromatic heterocycles. The fourth-order valence-corrected chi connectivity index (χ4v) is 3.48. The van der Waals surface area contributed by atoms with E-state index in [0.717, 1.165) is 22.9 Å². The maximum Gasteiger partial charge on any atom is 0.320 e. The fourth-order valence-electron chi connectivity index (χ4n) is 3.48. The largest absolute Gasteiger partial charge is 0.480 e. The number of likely N-dealkylation sites (tertiary alicyclic amines) is 1. The summed E-state index contributed by atoms with van der Waals surface area (Å²) in [6.07, 6.45) is 1.44. The van der Waals surface area contributed by atoms with E-state index in [1.807, 2.05) is 49.4 Å². The van der Waals surface area contributed by atoms with E-state index in [0.29, 0.717) is 19.5 Å². The van der Waals surface area contributed by atoms with Gasteiger partial charge in [0.05, 0.1) is 12.2 Å². The lowest BCUT2D eigenvalue weighted by Crippen LogP contribution is -2.44. The van der Waals surface area contributed by atoms with Crippen molar-refractivity contribution in [1.29, 1.82) is 0 Å². The normalized spacial score (nSPS) is 18.0. The Labute approximate surface area is 141 Å². The highest BCUT2D eigenvalue weighted by atomic mass is 16.4. The average molecular weight is 326 g/mol. The van der Waals surface area contributed by atoms with Gasteiger partial charge in [0.1, 0.15) is 6.04 Å². The summed E-state index contributed by atoms with van der Waals surface area (Å²) in [7, 11) is 0. The molecule has 2 aromatic carbocycles. The topological polar surface area (TPSA) is 60.9 Å². The van der Waals surface area contributed by atoms with Gasteiger partial charge >= 0.3 is 5.97 Å². The first-order valence-electron chi connectivity index (χ1n) is 8.36. The first-order chi connectivity index (χ1) is 11.6. The van der Waals surface area contributed by atoms with Crippen molar-refractivity contribution in [3.63, 3.8) is 0 Å². The van der Waals surface area contributed by atoms with Gasteiger partial charge in [0.25, 0.3) is 0 Å². The molecule has 2 aromatic rings. The molecule has 1 saturated heterocycles. The minimum atomic E-state index is -0.839. The SMILES string of the molecule is CCN(C(=O)CN1CCC[C@@H]1C(=O)O)c1cccc2ccccc12. The lowest BCUT2D eigenvalue weighted by Gasteiger charge is -2.27. The Morgan fingerprint density at radius 3 is 2.71 bits per heavy atom. The van der Waals surface area contributed by atoms with Crippen LogP contribution in [0.25, 0.3) is 10.8 Å². The number of fused-ring (bicyclic) bond motifs is 1. The first kappa shape index (κ1) is 16.5. The Morgan fingerprint density at radius 2 is 1.96 bits per heavy atom. The van der Waals surface area contributed by atoms with E-state index in [4.69, 9.17) is 0 Å². The molecule has 24 heavy (non-hydrogen) atoms. The van der Waals surface area contributed by atoms with Crippen LogP contribution in [-0.2, 0) is 9.59 Å². The van der Waals surface area contributed by atoms with Gasteiger partial charge in [-0.2, -0.15) is 0 Å². The van der Waals surface area contributed by atoms with Crippen molar-refractivity contribution in [1.82, 2.24) is 4.90 Å². The number of hydrogen-bond donors (Lipinski definition) is 1. The molecule has 1 N–H and O–H groups in total. The van der Waals surface area contributed by atoms with Crippen LogP contribution in [0.3, 0.4) is 0 Å². The van der Waals surface area contributed by atoms with Gasteiger partial charge in [-0.25, -0.2) is 0 Å². The standard InChI is InChI=1S/C19H22N2O3/c1-2-21(16-10-5-8-14-7-3-4-9-15(14)16)18(22)13-20-12-6-11-17(20)19(23)24/h3-5,7-10,17H,2,6,11-13H2,1H3,(H,23,24)/t17-/m1/s1. The van der Waals surface area contributed by atoms with Crippen molar-refractivity contribution >= 4 is 28.3 Å². The Morgan fingerprint density at radius 1 is 1.21 bits per heavy atom. The van der Waals surface area contributed by atoms with Gasteiger partial charge < -0.3 is 10.0 Å². The quantitative estimate of drug-likeness (QED) is 0.918. The fraction of sp³-hybridized carbons (Fsp3) is 0.368.